The zero-order valence-electron chi connectivity index (χ0n) is 6.03. The average Bonchev–Trinajstić information content (AvgIpc) is 2.44. The van der Waals surface area contributed by atoms with Gasteiger partial charge in [-0.3, -0.25) is 4.79 Å². The minimum absolute atomic E-state index is 0.347. The van der Waals surface area contributed by atoms with Gasteiger partial charge in [-0.1, -0.05) is 20.3 Å². The summed E-state index contributed by atoms with van der Waals surface area (Å²) >= 11 is 0. The van der Waals surface area contributed by atoms with Gasteiger partial charge in [0, 0.05) is 11.1 Å². The van der Waals surface area contributed by atoms with Crippen LogP contribution >= 0.6 is 0 Å². The molecule has 0 aromatic heterocycles. The van der Waals surface area contributed by atoms with Crippen molar-refractivity contribution in [3.63, 3.8) is 0 Å². The van der Waals surface area contributed by atoms with Gasteiger partial charge < -0.3 is 0 Å². The lowest BCUT2D eigenvalue weighted by molar-refractivity contribution is 0.931. The Balaban J connectivity index is 2.53. The molecule has 0 fully saturated rings. The van der Waals surface area contributed by atoms with Gasteiger partial charge in [-0.15, -0.1) is 0 Å². The van der Waals surface area contributed by atoms with E-state index in [9.17, 15) is 4.79 Å². The lowest BCUT2D eigenvalue weighted by Crippen LogP contribution is -1.80. The highest BCUT2D eigenvalue weighted by atomic mass is 16.1. The van der Waals surface area contributed by atoms with Crippen molar-refractivity contribution in [2.75, 3.05) is 0 Å². The molecule has 50 valence electrons. The van der Waals surface area contributed by atoms with Crippen molar-refractivity contribution in [2.45, 2.75) is 33.1 Å². The summed E-state index contributed by atoms with van der Waals surface area (Å²) in [7, 11) is 0. The van der Waals surface area contributed by atoms with Gasteiger partial charge in [-0.2, -0.15) is 0 Å². The topological polar surface area (TPSA) is 17.1 Å². The largest absolute Gasteiger partial charge is 0.289 e. The third-order valence-electron chi connectivity index (χ3n) is 1.70. The van der Waals surface area contributed by atoms with Gasteiger partial charge in [0.15, 0.2) is 5.43 Å². The Morgan fingerprint density at radius 1 is 1.22 bits per heavy atom. The maximum atomic E-state index is 10.8. The number of hydrogen-bond donors (Lipinski definition) is 0. The Kier molecular flexibility index (Phi) is 1.70. The van der Waals surface area contributed by atoms with Crippen molar-refractivity contribution in [3.8, 4) is 0 Å². The molecular weight excluding hydrogens is 112 g/mol. The average molecular weight is 124 g/mol. The van der Waals surface area contributed by atoms with Crippen molar-refractivity contribution >= 4 is 0 Å². The molecule has 0 saturated heterocycles. The monoisotopic (exact) mass is 124 g/mol. The van der Waals surface area contributed by atoms with Crippen molar-refractivity contribution in [3.05, 3.63) is 21.4 Å². The molecule has 0 heterocycles. The van der Waals surface area contributed by atoms with E-state index < -0.39 is 0 Å². The molecule has 0 saturated carbocycles. The van der Waals surface area contributed by atoms with Crippen LogP contribution in [0.5, 0.6) is 0 Å². The number of rotatable bonds is 3. The van der Waals surface area contributed by atoms with Crippen molar-refractivity contribution in [2.24, 2.45) is 0 Å². The molecule has 0 aliphatic heterocycles. The highest BCUT2D eigenvalue weighted by Crippen LogP contribution is 2.11. The van der Waals surface area contributed by atoms with Gasteiger partial charge in [-0.25, -0.2) is 0 Å². The third kappa shape index (κ3) is 1.04. The highest BCUT2D eigenvalue weighted by molar-refractivity contribution is 5.38. The Bertz CT molecular complexity index is 204. The van der Waals surface area contributed by atoms with E-state index in [0.717, 1.165) is 30.4 Å². The van der Waals surface area contributed by atoms with E-state index in [1.807, 2.05) is 6.92 Å². The maximum Gasteiger partial charge on any atom is 0.185 e. The number of hydrogen-bond acceptors (Lipinski definition) is 1. The van der Waals surface area contributed by atoms with Crippen LogP contribution in [0.4, 0.5) is 0 Å². The van der Waals surface area contributed by atoms with E-state index in [-0.39, 0.29) is 0 Å². The zero-order valence-corrected chi connectivity index (χ0v) is 6.03. The summed E-state index contributed by atoms with van der Waals surface area (Å²) in [6.45, 7) is 4.14. The van der Waals surface area contributed by atoms with Gasteiger partial charge in [-0.05, 0) is 12.8 Å². The first kappa shape index (κ1) is 6.53. The van der Waals surface area contributed by atoms with Crippen LogP contribution in [-0.2, 0) is 12.8 Å². The van der Waals surface area contributed by atoms with Crippen LogP contribution in [0.3, 0.4) is 0 Å². The molecular formula is C8H12O. The van der Waals surface area contributed by atoms with Crippen LogP contribution in [-0.4, -0.2) is 0 Å². The molecule has 9 heavy (non-hydrogen) atoms. The molecule has 0 spiro atoms. The van der Waals surface area contributed by atoms with Crippen molar-refractivity contribution in [1.82, 2.24) is 0 Å². The Hall–Kier alpha value is -0.590. The minimum Gasteiger partial charge on any atom is -0.289 e. The molecule has 0 bridgehead atoms. The highest BCUT2D eigenvalue weighted by Gasteiger charge is 2.17. The summed E-state index contributed by atoms with van der Waals surface area (Å²) in [5.74, 6) is 0. The predicted octanol–water partition coefficient (Wildman–Crippen LogP) is 1.44. The second-order valence-electron chi connectivity index (χ2n) is 2.39. The smallest absolute Gasteiger partial charge is 0.185 e. The van der Waals surface area contributed by atoms with Gasteiger partial charge in [0.05, 0.1) is 0 Å². The lowest BCUT2D eigenvalue weighted by atomic mass is 10.2. The predicted molar refractivity (Wildman–Crippen MR) is 38.5 cm³/mol. The normalized spacial score (nSPS) is 10.9. The van der Waals surface area contributed by atoms with E-state index >= 15 is 0 Å². The molecule has 1 heteroatoms. The van der Waals surface area contributed by atoms with Gasteiger partial charge in [0.1, 0.15) is 0 Å². The molecule has 1 nitrogen and oxygen atoms in total. The summed E-state index contributed by atoms with van der Waals surface area (Å²) in [6.07, 6.45) is 3.04. The quantitative estimate of drug-likeness (QED) is 0.595. The zero-order chi connectivity index (χ0) is 6.85. The third-order valence-corrected chi connectivity index (χ3v) is 1.70. The summed E-state index contributed by atoms with van der Waals surface area (Å²) < 4.78 is 0. The van der Waals surface area contributed by atoms with Crippen molar-refractivity contribution in [1.29, 1.82) is 0 Å². The van der Waals surface area contributed by atoms with Gasteiger partial charge in [0.25, 0.3) is 0 Å². The first-order valence-corrected chi connectivity index (χ1v) is 3.58. The second-order valence-corrected chi connectivity index (χ2v) is 2.39. The molecule has 0 N–H and O–H groups in total. The molecule has 0 aliphatic rings. The molecule has 1 aromatic carbocycles. The molecule has 0 aliphatic carbocycles. The lowest BCUT2D eigenvalue weighted by Gasteiger charge is -1.79. The fraction of sp³-hybridized carbons (Fsp3) is 0.625. The Labute approximate surface area is 55.4 Å². The molecule has 0 atom stereocenters. The van der Waals surface area contributed by atoms with Crippen LogP contribution < -0.4 is 5.43 Å². The summed E-state index contributed by atoms with van der Waals surface area (Å²) in [5, 5.41) is 0. The van der Waals surface area contributed by atoms with Crippen LogP contribution in [0, 0.1) is 0 Å². The van der Waals surface area contributed by atoms with E-state index in [0.29, 0.717) is 5.43 Å². The fourth-order valence-corrected chi connectivity index (χ4v) is 1.14. The molecule has 0 unspecified atom stereocenters. The van der Waals surface area contributed by atoms with E-state index in [4.69, 9.17) is 0 Å². The van der Waals surface area contributed by atoms with Crippen LogP contribution in [0.2, 0.25) is 0 Å². The molecule has 0 amide bonds. The summed E-state index contributed by atoms with van der Waals surface area (Å²) in [6, 6.07) is 0. The minimum atomic E-state index is 0.347. The van der Waals surface area contributed by atoms with Gasteiger partial charge in [0.2, 0.25) is 0 Å². The summed E-state index contributed by atoms with van der Waals surface area (Å²) in [5.41, 5.74) is 2.55. The van der Waals surface area contributed by atoms with E-state index in [1.54, 1.807) is 0 Å². The van der Waals surface area contributed by atoms with E-state index in [2.05, 4.69) is 6.92 Å². The van der Waals surface area contributed by atoms with Crippen LogP contribution in [0.1, 0.15) is 31.4 Å². The SMILES string of the molecule is CCCc1c(CC)c1=O. The summed E-state index contributed by atoms with van der Waals surface area (Å²) in [4.78, 5) is 10.8. The molecule has 1 aromatic rings. The van der Waals surface area contributed by atoms with Crippen LogP contribution in [0.25, 0.3) is 0 Å². The van der Waals surface area contributed by atoms with Crippen molar-refractivity contribution < 1.29 is 0 Å². The Morgan fingerprint density at radius 2 is 1.89 bits per heavy atom. The fourth-order valence-electron chi connectivity index (χ4n) is 1.14. The van der Waals surface area contributed by atoms with Crippen LogP contribution in [0.15, 0.2) is 4.79 Å². The molecule has 0 radical (unpaired) electrons. The first-order chi connectivity index (χ1) is 4.31. The first-order valence-electron chi connectivity index (χ1n) is 3.58. The standard InChI is InChI=1S/C8H12O/c1-3-5-7-6(4-2)8(7)9/h3-5H2,1-2H3. The maximum absolute atomic E-state index is 10.8. The molecule has 1 rings (SSSR count). The Morgan fingerprint density at radius 3 is 2.22 bits per heavy atom. The second kappa shape index (κ2) is 2.34. The van der Waals surface area contributed by atoms with Gasteiger partial charge >= 0.3 is 0 Å². The van der Waals surface area contributed by atoms with E-state index in [1.165, 1.54) is 0 Å².